The number of nitriles is 1. The number of aromatic nitrogens is 1. The van der Waals surface area contributed by atoms with Gasteiger partial charge in [0.05, 0.1) is 28.8 Å². The summed E-state index contributed by atoms with van der Waals surface area (Å²) in [5.41, 5.74) is 0.632. The van der Waals surface area contributed by atoms with Crippen molar-refractivity contribution >= 4 is 27.5 Å². The van der Waals surface area contributed by atoms with Gasteiger partial charge in [0.2, 0.25) is 15.6 Å². The summed E-state index contributed by atoms with van der Waals surface area (Å²) >= 11 is 0. The fourth-order valence-corrected chi connectivity index (χ4v) is 5.80. The molecular formula is C28H29N5O5S. The van der Waals surface area contributed by atoms with Crippen molar-refractivity contribution in [2.45, 2.75) is 43.2 Å². The van der Waals surface area contributed by atoms with E-state index < -0.39 is 27.1 Å². The Balaban J connectivity index is 1.54. The molecule has 4 rings (SSSR count). The first kappa shape index (κ1) is 27.9. The van der Waals surface area contributed by atoms with Gasteiger partial charge < -0.3 is 14.9 Å². The molecule has 0 fully saturated rings. The third kappa shape index (κ3) is 6.31. The fraction of sp³-hybridized carbons (Fsp3) is 0.286. The molecule has 1 aliphatic rings. The number of ether oxygens (including phenoxy) is 1. The van der Waals surface area contributed by atoms with E-state index in [2.05, 4.69) is 26.2 Å². The van der Waals surface area contributed by atoms with Gasteiger partial charge in [-0.05, 0) is 51.1 Å². The van der Waals surface area contributed by atoms with Gasteiger partial charge in [-0.2, -0.15) is 5.26 Å². The first-order valence-corrected chi connectivity index (χ1v) is 13.6. The number of hydrogen-bond acceptors (Lipinski definition) is 8. The predicted octanol–water partition coefficient (Wildman–Crippen LogP) is 3.85. The molecule has 2 N–H and O–H groups in total. The van der Waals surface area contributed by atoms with E-state index in [1.807, 2.05) is 0 Å². The van der Waals surface area contributed by atoms with Crippen molar-refractivity contribution in [3.05, 3.63) is 78.0 Å². The third-order valence-corrected chi connectivity index (χ3v) is 7.65. The number of methoxy groups -OCH3 is 1. The van der Waals surface area contributed by atoms with Crippen molar-refractivity contribution < 1.29 is 22.8 Å². The summed E-state index contributed by atoms with van der Waals surface area (Å²) < 4.78 is 34.0. The van der Waals surface area contributed by atoms with E-state index in [1.165, 1.54) is 19.4 Å². The summed E-state index contributed by atoms with van der Waals surface area (Å²) in [4.78, 5) is 23.4. The van der Waals surface area contributed by atoms with Crippen LogP contribution >= 0.6 is 0 Å². The highest BCUT2D eigenvalue weighted by atomic mass is 32.2. The second kappa shape index (κ2) is 10.9. The maximum Gasteiger partial charge on any atom is 0.275 e. The van der Waals surface area contributed by atoms with Crippen LogP contribution in [0.25, 0.3) is 11.1 Å². The quantitative estimate of drug-likeness (QED) is 0.436. The van der Waals surface area contributed by atoms with Crippen LogP contribution in [0.3, 0.4) is 0 Å². The molecule has 2 aromatic carbocycles. The molecule has 0 saturated carbocycles. The van der Waals surface area contributed by atoms with Crippen molar-refractivity contribution in [3.63, 3.8) is 0 Å². The Morgan fingerprint density at radius 2 is 1.90 bits per heavy atom. The monoisotopic (exact) mass is 547 g/mol. The Morgan fingerprint density at radius 3 is 2.56 bits per heavy atom. The Labute approximate surface area is 227 Å². The van der Waals surface area contributed by atoms with Crippen LogP contribution in [0.15, 0.2) is 76.9 Å². The van der Waals surface area contributed by atoms with Crippen LogP contribution in [0.5, 0.6) is 0 Å². The minimum absolute atomic E-state index is 0.0616. The van der Waals surface area contributed by atoms with Gasteiger partial charge in [-0.1, -0.05) is 35.5 Å². The van der Waals surface area contributed by atoms with Crippen LogP contribution in [0.4, 0.5) is 5.82 Å². The number of hydrogen-bond donors (Lipinski definition) is 2. The largest absolute Gasteiger partial charge is 0.380 e. The normalized spacial score (nSPS) is 17.2. The molecule has 0 radical (unpaired) electrons. The van der Waals surface area contributed by atoms with Crippen LogP contribution in [0.2, 0.25) is 0 Å². The molecule has 10 nitrogen and oxygen atoms in total. The van der Waals surface area contributed by atoms with Gasteiger partial charge in [0.15, 0.2) is 0 Å². The standard InChI is InChI=1S/C28H29N5O5S/c1-27(2,3)33-39(35,36)24-11-6-5-10-22(24)21-12-13-25(30-17-21)31-26(34)28(18-37-4)15-23(32-38-28)20-9-7-8-19(14-20)16-29/h5-14,17,33H,15,18H2,1-4H3,(H,30,31,34). The lowest BCUT2D eigenvalue weighted by atomic mass is 9.93. The molecule has 3 aromatic rings. The SMILES string of the molecule is COCC1(C(=O)Nc2ccc(-c3ccccc3S(=O)(=O)NC(C)(C)C)cn2)CC(c2cccc(C#N)c2)=NO1. The lowest BCUT2D eigenvalue weighted by molar-refractivity contribution is -0.144. The number of carbonyl (C=O) groups excluding carboxylic acids is 1. The highest BCUT2D eigenvalue weighted by Crippen LogP contribution is 2.31. The molecule has 0 aliphatic carbocycles. The van der Waals surface area contributed by atoms with Crippen LogP contribution in [0, 0.1) is 11.3 Å². The van der Waals surface area contributed by atoms with E-state index in [-0.39, 0.29) is 23.7 Å². The molecule has 0 spiro atoms. The van der Waals surface area contributed by atoms with Gasteiger partial charge in [0.25, 0.3) is 5.91 Å². The molecule has 1 unspecified atom stereocenters. The fourth-order valence-electron chi connectivity index (χ4n) is 4.15. The molecule has 1 aromatic heterocycles. The minimum Gasteiger partial charge on any atom is -0.380 e. The topological polar surface area (TPSA) is 143 Å². The molecule has 1 aliphatic heterocycles. The maximum absolute atomic E-state index is 13.3. The summed E-state index contributed by atoms with van der Waals surface area (Å²) in [6.07, 6.45) is 1.63. The lowest BCUT2D eigenvalue weighted by Crippen LogP contribution is -2.47. The molecule has 202 valence electrons. The number of pyridine rings is 1. The summed E-state index contributed by atoms with van der Waals surface area (Å²) in [5.74, 6) is -0.256. The number of nitrogens with one attached hydrogen (secondary N) is 2. The number of amides is 1. The number of sulfonamides is 1. The van der Waals surface area contributed by atoms with Crippen LogP contribution in [-0.4, -0.2) is 49.9 Å². The second-order valence-corrected chi connectivity index (χ2v) is 11.8. The molecule has 11 heteroatoms. The number of rotatable bonds is 8. The summed E-state index contributed by atoms with van der Waals surface area (Å²) in [5, 5.41) is 16.0. The second-order valence-electron chi connectivity index (χ2n) is 10.2. The number of anilines is 1. The van der Waals surface area contributed by atoms with Crippen molar-refractivity contribution in [2.24, 2.45) is 5.16 Å². The number of carbonyl (C=O) groups is 1. The zero-order valence-electron chi connectivity index (χ0n) is 22.1. The van der Waals surface area contributed by atoms with Crippen LogP contribution < -0.4 is 10.0 Å². The first-order chi connectivity index (χ1) is 18.5. The molecule has 39 heavy (non-hydrogen) atoms. The van der Waals surface area contributed by atoms with Crippen LogP contribution in [-0.2, 0) is 24.4 Å². The predicted molar refractivity (Wildman–Crippen MR) is 146 cm³/mol. The Hall–Kier alpha value is -4.11. The van der Waals surface area contributed by atoms with E-state index in [9.17, 15) is 18.5 Å². The van der Waals surface area contributed by atoms with Gasteiger partial charge in [-0.15, -0.1) is 0 Å². The van der Waals surface area contributed by atoms with Gasteiger partial charge in [0.1, 0.15) is 5.82 Å². The number of benzene rings is 2. The molecular weight excluding hydrogens is 518 g/mol. The minimum atomic E-state index is -3.79. The summed E-state index contributed by atoms with van der Waals surface area (Å²) in [6.45, 7) is 5.25. The summed E-state index contributed by atoms with van der Waals surface area (Å²) in [6, 6.07) is 18.9. The molecule has 0 saturated heterocycles. The lowest BCUT2D eigenvalue weighted by Gasteiger charge is -2.24. The Morgan fingerprint density at radius 1 is 1.13 bits per heavy atom. The zero-order valence-corrected chi connectivity index (χ0v) is 22.9. The van der Waals surface area contributed by atoms with Gasteiger partial charge in [0, 0.05) is 42.0 Å². The van der Waals surface area contributed by atoms with E-state index >= 15 is 0 Å². The van der Waals surface area contributed by atoms with Crippen LogP contribution in [0.1, 0.15) is 38.3 Å². The average Bonchev–Trinajstić information content (AvgIpc) is 3.34. The zero-order chi connectivity index (χ0) is 28.3. The van der Waals surface area contributed by atoms with E-state index in [4.69, 9.17) is 9.57 Å². The van der Waals surface area contributed by atoms with Crippen molar-refractivity contribution in [2.75, 3.05) is 19.0 Å². The maximum atomic E-state index is 13.3. The van der Waals surface area contributed by atoms with Crippen molar-refractivity contribution in [1.82, 2.24) is 9.71 Å². The molecule has 1 atom stereocenters. The Kier molecular flexibility index (Phi) is 7.83. The first-order valence-electron chi connectivity index (χ1n) is 12.1. The number of nitrogens with zero attached hydrogens (tertiary/aromatic N) is 3. The van der Waals surface area contributed by atoms with E-state index in [0.29, 0.717) is 28.0 Å². The smallest absolute Gasteiger partial charge is 0.275 e. The molecule has 1 amide bonds. The van der Waals surface area contributed by atoms with Crippen molar-refractivity contribution in [1.29, 1.82) is 5.26 Å². The van der Waals surface area contributed by atoms with E-state index in [1.54, 1.807) is 75.4 Å². The van der Waals surface area contributed by atoms with Gasteiger partial charge in [-0.25, -0.2) is 18.1 Å². The molecule has 0 bridgehead atoms. The highest BCUT2D eigenvalue weighted by molar-refractivity contribution is 7.89. The Bertz CT molecular complexity index is 1560. The highest BCUT2D eigenvalue weighted by Gasteiger charge is 2.47. The van der Waals surface area contributed by atoms with Gasteiger partial charge >= 0.3 is 0 Å². The summed E-state index contributed by atoms with van der Waals surface area (Å²) in [7, 11) is -2.33. The third-order valence-electron chi connectivity index (χ3n) is 5.83. The number of oxime groups is 1. The average molecular weight is 548 g/mol. The van der Waals surface area contributed by atoms with E-state index in [0.717, 1.165) is 0 Å². The van der Waals surface area contributed by atoms with Crippen molar-refractivity contribution in [3.8, 4) is 17.2 Å². The van der Waals surface area contributed by atoms with Gasteiger partial charge in [-0.3, -0.25) is 4.79 Å². The molecule has 2 heterocycles.